The Kier molecular flexibility index (Phi) is 5.25. The van der Waals surface area contributed by atoms with E-state index >= 15 is 0 Å². The largest absolute Gasteiger partial charge is 0.387 e. The number of nitrogens with one attached hydrogen (secondary N) is 1. The average molecular weight is 305 g/mol. The fraction of sp³-hybridized carbons (Fsp3) is 0.188. The summed E-state index contributed by atoms with van der Waals surface area (Å²) >= 11 is 1.50. The predicted molar refractivity (Wildman–Crippen MR) is 82.3 cm³/mol. The first-order chi connectivity index (χ1) is 10.1. The van der Waals surface area contributed by atoms with Gasteiger partial charge in [0.05, 0.1) is 6.10 Å². The van der Waals surface area contributed by atoms with Crippen LogP contribution in [0.5, 0.6) is 0 Å². The lowest BCUT2D eigenvalue weighted by atomic mass is 10.1. The number of thiophene rings is 1. The Labute approximate surface area is 126 Å². The van der Waals surface area contributed by atoms with Crippen molar-refractivity contribution in [2.24, 2.45) is 0 Å². The molecule has 2 N–H and O–H groups in total. The molecule has 0 aliphatic heterocycles. The van der Waals surface area contributed by atoms with E-state index in [2.05, 4.69) is 5.32 Å². The van der Waals surface area contributed by atoms with Crippen molar-refractivity contribution >= 4 is 23.3 Å². The van der Waals surface area contributed by atoms with E-state index in [1.807, 2.05) is 16.8 Å². The molecule has 1 unspecified atom stereocenters. The number of carbonyl (C=O) groups is 1. The summed E-state index contributed by atoms with van der Waals surface area (Å²) in [6.07, 6.45) is 0.963. The zero-order chi connectivity index (χ0) is 15.2. The van der Waals surface area contributed by atoms with Crippen molar-refractivity contribution in [2.75, 3.05) is 6.54 Å². The summed E-state index contributed by atoms with van der Waals surface area (Å²) < 4.78 is 12.8. The molecule has 0 fully saturated rings. The van der Waals surface area contributed by atoms with Crippen molar-refractivity contribution < 1.29 is 14.3 Å². The molecule has 0 radical (unpaired) electrons. The molecular weight excluding hydrogens is 289 g/mol. The Bertz CT molecular complexity index is 620. The van der Waals surface area contributed by atoms with Crippen LogP contribution in [-0.4, -0.2) is 17.6 Å². The maximum atomic E-state index is 12.8. The molecule has 0 spiro atoms. The number of aliphatic hydroxyl groups excluding tert-OH is 1. The molecule has 110 valence electrons. The van der Waals surface area contributed by atoms with Crippen LogP contribution in [0, 0.1) is 5.82 Å². The first-order valence-electron chi connectivity index (χ1n) is 6.48. The fourth-order valence-corrected chi connectivity index (χ4v) is 2.49. The predicted octanol–water partition coefficient (Wildman–Crippen LogP) is 3.14. The van der Waals surface area contributed by atoms with Gasteiger partial charge in [-0.05, 0) is 53.1 Å². The third kappa shape index (κ3) is 4.51. The summed E-state index contributed by atoms with van der Waals surface area (Å²) in [5, 5.41) is 16.3. The van der Waals surface area contributed by atoms with Gasteiger partial charge in [-0.25, -0.2) is 4.39 Å². The van der Waals surface area contributed by atoms with Gasteiger partial charge in [0, 0.05) is 12.1 Å². The van der Waals surface area contributed by atoms with Gasteiger partial charge in [0.1, 0.15) is 5.82 Å². The van der Waals surface area contributed by atoms with E-state index in [0.29, 0.717) is 5.57 Å². The normalized spacial score (nSPS) is 13.0. The SMILES string of the molecule is C/C(=C/c1ccc(F)cc1)C(=O)NCC(O)c1ccsc1. The van der Waals surface area contributed by atoms with Gasteiger partial charge in [0.2, 0.25) is 5.91 Å². The highest BCUT2D eigenvalue weighted by Crippen LogP contribution is 2.15. The Morgan fingerprint density at radius 1 is 1.38 bits per heavy atom. The van der Waals surface area contributed by atoms with Crippen molar-refractivity contribution in [2.45, 2.75) is 13.0 Å². The molecule has 0 bridgehead atoms. The second-order valence-corrected chi connectivity index (χ2v) is 5.44. The summed E-state index contributed by atoms with van der Waals surface area (Å²) in [6.45, 7) is 1.83. The minimum atomic E-state index is -0.709. The van der Waals surface area contributed by atoms with Crippen LogP contribution >= 0.6 is 11.3 Å². The number of hydrogen-bond donors (Lipinski definition) is 2. The van der Waals surface area contributed by atoms with Gasteiger partial charge in [-0.3, -0.25) is 4.79 Å². The molecule has 1 amide bonds. The summed E-state index contributed by atoms with van der Waals surface area (Å²) in [5.41, 5.74) is 2.04. The minimum absolute atomic E-state index is 0.157. The summed E-state index contributed by atoms with van der Waals surface area (Å²) in [7, 11) is 0. The molecule has 2 aromatic rings. The molecular formula is C16H16FNO2S. The second-order valence-electron chi connectivity index (χ2n) is 4.66. The first-order valence-corrected chi connectivity index (χ1v) is 7.43. The van der Waals surface area contributed by atoms with E-state index in [4.69, 9.17) is 0 Å². The number of rotatable bonds is 5. The Morgan fingerprint density at radius 3 is 2.71 bits per heavy atom. The molecule has 0 aliphatic rings. The lowest BCUT2D eigenvalue weighted by Gasteiger charge is -2.10. The van der Waals surface area contributed by atoms with Crippen molar-refractivity contribution in [1.82, 2.24) is 5.32 Å². The molecule has 5 heteroatoms. The van der Waals surface area contributed by atoms with Gasteiger partial charge in [-0.1, -0.05) is 12.1 Å². The number of hydrogen-bond acceptors (Lipinski definition) is 3. The lowest BCUT2D eigenvalue weighted by molar-refractivity contribution is -0.117. The lowest BCUT2D eigenvalue weighted by Crippen LogP contribution is -2.28. The second kappa shape index (κ2) is 7.15. The Hall–Kier alpha value is -1.98. The Morgan fingerprint density at radius 2 is 2.10 bits per heavy atom. The van der Waals surface area contributed by atoms with Crippen LogP contribution in [0.4, 0.5) is 4.39 Å². The third-order valence-corrected chi connectivity index (χ3v) is 3.70. The van der Waals surface area contributed by atoms with Gasteiger partial charge >= 0.3 is 0 Å². The van der Waals surface area contributed by atoms with E-state index in [0.717, 1.165) is 11.1 Å². The topological polar surface area (TPSA) is 49.3 Å². The third-order valence-electron chi connectivity index (χ3n) is 3.00. The molecule has 2 rings (SSSR count). The molecule has 1 atom stereocenters. The van der Waals surface area contributed by atoms with Crippen molar-refractivity contribution in [3.8, 4) is 0 Å². The standard InChI is InChI=1S/C16H16FNO2S/c1-11(8-12-2-4-14(17)5-3-12)16(20)18-9-15(19)13-6-7-21-10-13/h2-8,10,15,19H,9H2,1H3,(H,18,20)/b11-8-. The highest BCUT2D eigenvalue weighted by Gasteiger charge is 2.10. The fourth-order valence-electron chi connectivity index (χ4n) is 1.79. The van der Waals surface area contributed by atoms with Gasteiger partial charge in [0.25, 0.3) is 0 Å². The molecule has 0 saturated heterocycles. The molecule has 0 aliphatic carbocycles. The number of amides is 1. The Balaban J connectivity index is 1.92. The zero-order valence-corrected chi connectivity index (χ0v) is 12.4. The average Bonchev–Trinajstić information content (AvgIpc) is 3.01. The summed E-state index contributed by atoms with van der Waals surface area (Å²) in [6, 6.07) is 7.72. The van der Waals surface area contributed by atoms with Gasteiger partial charge < -0.3 is 10.4 Å². The van der Waals surface area contributed by atoms with Crippen LogP contribution in [0.15, 0.2) is 46.7 Å². The van der Waals surface area contributed by atoms with E-state index in [1.165, 1.54) is 23.5 Å². The minimum Gasteiger partial charge on any atom is -0.387 e. The molecule has 21 heavy (non-hydrogen) atoms. The molecule has 0 saturated carbocycles. The van der Waals surface area contributed by atoms with Crippen LogP contribution in [0.3, 0.4) is 0 Å². The highest BCUT2D eigenvalue weighted by molar-refractivity contribution is 7.07. The number of carbonyl (C=O) groups excluding carboxylic acids is 1. The quantitative estimate of drug-likeness (QED) is 0.834. The van der Waals surface area contributed by atoms with E-state index < -0.39 is 6.10 Å². The zero-order valence-electron chi connectivity index (χ0n) is 11.5. The van der Waals surface area contributed by atoms with Crippen LogP contribution < -0.4 is 5.32 Å². The highest BCUT2D eigenvalue weighted by atomic mass is 32.1. The van der Waals surface area contributed by atoms with E-state index in [-0.39, 0.29) is 18.3 Å². The molecule has 1 aromatic heterocycles. The monoisotopic (exact) mass is 305 g/mol. The van der Waals surface area contributed by atoms with Crippen LogP contribution in [-0.2, 0) is 4.79 Å². The van der Waals surface area contributed by atoms with Gasteiger partial charge in [0.15, 0.2) is 0 Å². The van der Waals surface area contributed by atoms with Gasteiger partial charge in [-0.15, -0.1) is 0 Å². The van der Waals surface area contributed by atoms with Crippen molar-refractivity contribution in [3.63, 3.8) is 0 Å². The maximum Gasteiger partial charge on any atom is 0.247 e. The molecule has 1 heterocycles. The molecule has 3 nitrogen and oxygen atoms in total. The van der Waals surface area contributed by atoms with Crippen LogP contribution in [0.1, 0.15) is 24.2 Å². The van der Waals surface area contributed by atoms with Crippen molar-refractivity contribution in [3.05, 3.63) is 63.6 Å². The number of aliphatic hydroxyl groups is 1. The number of halogens is 1. The number of benzene rings is 1. The summed E-state index contributed by atoms with van der Waals surface area (Å²) in [5.74, 6) is -0.568. The molecule has 1 aromatic carbocycles. The van der Waals surface area contributed by atoms with E-state index in [1.54, 1.807) is 25.1 Å². The summed E-state index contributed by atoms with van der Waals surface area (Å²) in [4.78, 5) is 11.9. The van der Waals surface area contributed by atoms with Gasteiger partial charge in [-0.2, -0.15) is 11.3 Å². The van der Waals surface area contributed by atoms with Crippen molar-refractivity contribution in [1.29, 1.82) is 0 Å². The maximum absolute atomic E-state index is 12.8. The van der Waals surface area contributed by atoms with Crippen LogP contribution in [0.25, 0.3) is 6.08 Å². The first kappa shape index (κ1) is 15.4. The smallest absolute Gasteiger partial charge is 0.247 e. The van der Waals surface area contributed by atoms with E-state index in [9.17, 15) is 14.3 Å². The van der Waals surface area contributed by atoms with Crippen LogP contribution in [0.2, 0.25) is 0 Å².